The monoisotopic (exact) mass is 309 g/mol. The maximum atomic E-state index is 6.08. The van der Waals surface area contributed by atoms with E-state index in [1.54, 1.807) is 30.3 Å². The average molecular weight is 310 g/mol. The van der Waals surface area contributed by atoms with Gasteiger partial charge in [-0.2, -0.15) is 5.10 Å². The molecule has 0 radical (unpaired) electrons. The third-order valence-electron chi connectivity index (χ3n) is 2.63. The summed E-state index contributed by atoms with van der Waals surface area (Å²) in [5.41, 5.74) is 7.82. The molecule has 0 unspecified atom stereocenters. The van der Waals surface area contributed by atoms with Crippen molar-refractivity contribution in [2.75, 3.05) is 10.9 Å². The van der Waals surface area contributed by atoms with Crippen molar-refractivity contribution in [2.24, 2.45) is 5.10 Å². The summed E-state index contributed by atoms with van der Waals surface area (Å²) < 4.78 is 0. The summed E-state index contributed by atoms with van der Waals surface area (Å²) in [6.07, 6.45) is 0. The van der Waals surface area contributed by atoms with Gasteiger partial charge in [0.1, 0.15) is 12.3 Å². The Kier molecular flexibility index (Phi) is 4.84. The van der Waals surface area contributed by atoms with Crippen LogP contribution in [0.3, 0.4) is 0 Å². The summed E-state index contributed by atoms with van der Waals surface area (Å²) in [6.45, 7) is 3.69. The molecule has 0 heterocycles. The second-order valence-corrected chi connectivity index (χ2v) is 4.83. The van der Waals surface area contributed by atoms with E-state index in [2.05, 4.69) is 11.8 Å². The molecule has 4 nitrogen and oxygen atoms in total. The molecule has 0 amide bonds. The molecule has 0 aliphatic heterocycles. The van der Waals surface area contributed by atoms with Crippen molar-refractivity contribution in [3.8, 4) is 0 Å². The molecule has 2 aromatic rings. The first-order valence-electron chi connectivity index (χ1n) is 5.80. The van der Waals surface area contributed by atoms with E-state index in [-0.39, 0.29) is 6.61 Å². The molecule has 2 aromatic carbocycles. The molecule has 0 atom stereocenters. The van der Waals surface area contributed by atoms with Gasteiger partial charge < -0.3 is 5.73 Å². The van der Waals surface area contributed by atoms with E-state index in [9.17, 15) is 0 Å². The Balaban J connectivity index is 2.12. The number of nitrogens with two attached hydrogens (primary N) is 1. The SMILES string of the molecule is C=NN(OCc1ccc(Cl)cc1Cl)c1ccccc1N. The van der Waals surface area contributed by atoms with Gasteiger partial charge in [0.15, 0.2) is 0 Å². The summed E-state index contributed by atoms with van der Waals surface area (Å²) >= 11 is 11.9. The van der Waals surface area contributed by atoms with E-state index >= 15 is 0 Å². The lowest BCUT2D eigenvalue weighted by atomic mass is 10.2. The van der Waals surface area contributed by atoms with Crippen LogP contribution in [0.4, 0.5) is 11.4 Å². The quantitative estimate of drug-likeness (QED) is 0.513. The van der Waals surface area contributed by atoms with Crippen LogP contribution in [0.5, 0.6) is 0 Å². The Morgan fingerprint density at radius 2 is 1.95 bits per heavy atom. The van der Waals surface area contributed by atoms with Crippen LogP contribution >= 0.6 is 23.2 Å². The third-order valence-corrected chi connectivity index (χ3v) is 3.22. The van der Waals surface area contributed by atoms with Gasteiger partial charge in [0.2, 0.25) is 0 Å². The first kappa shape index (κ1) is 14.7. The predicted molar refractivity (Wildman–Crippen MR) is 84.1 cm³/mol. The lowest BCUT2D eigenvalue weighted by molar-refractivity contribution is 0.0972. The Morgan fingerprint density at radius 3 is 2.60 bits per heavy atom. The van der Waals surface area contributed by atoms with Gasteiger partial charge in [0, 0.05) is 16.8 Å². The Morgan fingerprint density at radius 1 is 1.20 bits per heavy atom. The highest BCUT2D eigenvalue weighted by molar-refractivity contribution is 6.35. The zero-order valence-electron chi connectivity index (χ0n) is 10.6. The van der Waals surface area contributed by atoms with E-state index in [0.717, 1.165) is 5.56 Å². The molecule has 0 spiro atoms. The smallest absolute Gasteiger partial charge is 0.113 e. The largest absolute Gasteiger partial charge is 0.397 e. The third kappa shape index (κ3) is 3.42. The van der Waals surface area contributed by atoms with Crippen LogP contribution in [0.15, 0.2) is 47.6 Å². The van der Waals surface area contributed by atoms with Gasteiger partial charge in [-0.05, 0) is 29.8 Å². The van der Waals surface area contributed by atoms with Gasteiger partial charge in [0.05, 0.1) is 5.69 Å². The number of para-hydroxylation sites is 2. The van der Waals surface area contributed by atoms with Crippen LogP contribution in [0.1, 0.15) is 5.56 Å². The first-order chi connectivity index (χ1) is 9.61. The minimum Gasteiger partial charge on any atom is -0.397 e. The molecule has 0 aliphatic rings. The molecule has 6 heteroatoms. The zero-order valence-corrected chi connectivity index (χ0v) is 12.1. The summed E-state index contributed by atoms with van der Waals surface area (Å²) in [7, 11) is 0. The Labute approximate surface area is 127 Å². The maximum Gasteiger partial charge on any atom is 0.113 e. The minimum absolute atomic E-state index is 0.226. The molecule has 0 saturated carbocycles. The number of benzene rings is 2. The molecule has 2 rings (SSSR count). The molecule has 0 saturated heterocycles. The highest BCUT2D eigenvalue weighted by Gasteiger charge is 2.10. The van der Waals surface area contributed by atoms with Gasteiger partial charge in [-0.1, -0.05) is 41.4 Å². The number of nitrogen functional groups attached to an aromatic ring is 1. The standard InChI is InChI=1S/C14H13Cl2N3O/c1-18-19(14-5-3-2-4-13(14)17)20-9-10-6-7-11(15)8-12(10)16/h2-8H,1,9,17H2. The molecule has 0 fully saturated rings. The number of anilines is 2. The number of hydrazone groups is 1. The van der Waals surface area contributed by atoms with Crippen LogP contribution in [0.25, 0.3) is 0 Å². The Bertz CT molecular complexity index is 619. The summed E-state index contributed by atoms with van der Waals surface area (Å²) in [5, 5.41) is 6.16. The molecule has 0 aromatic heterocycles. The molecule has 20 heavy (non-hydrogen) atoms. The van der Waals surface area contributed by atoms with Crippen LogP contribution in [-0.4, -0.2) is 6.72 Å². The van der Waals surface area contributed by atoms with Crippen molar-refractivity contribution >= 4 is 41.3 Å². The highest BCUT2D eigenvalue weighted by atomic mass is 35.5. The maximum absolute atomic E-state index is 6.08. The summed E-state index contributed by atoms with van der Waals surface area (Å²) in [4.78, 5) is 5.56. The van der Waals surface area contributed by atoms with Crippen molar-refractivity contribution in [1.29, 1.82) is 0 Å². The first-order valence-corrected chi connectivity index (χ1v) is 6.55. The second kappa shape index (κ2) is 6.61. The van der Waals surface area contributed by atoms with Crippen LogP contribution < -0.4 is 10.9 Å². The van der Waals surface area contributed by atoms with E-state index in [1.165, 1.54) is 5.17 Å². The van der Waals surface area contributed by atoms with Crippen molar-refractivity contribution in [1.82, 2.24) is 0 Å². The lowest BCUT2D eigenvalue weighted by Crippen LogP contribution is -2.17. The Hall–Kier alpha value is -1.75. The molecule has 104 valence electrons. The number of nitrogens with zero attached hydrogens (tertiary/aromatic N) is 2. The highest BCUT2D eigenvalue weighted by Crippen LogP contribution is 2.25. The molecular formula is C14H13Cl2N3O. The van der Waals surface area contributed by atoms with Gasteiger partial charge >= 0.3 is 0 Å². The van der Waals surface area contributed by atoms with E-state index in [0.29, 0.717) is 21.4 Å². The molecule has 0 aliphatic carbocycles. The van der Waals surface area contributed by atoms with Gasteiger partial charge in [-0.15, -0.1) is 5.17 Å². The van der Waals surface area contributed by atoms with Gasteiger partial charge in [-0.3, -0.25) is 0 Å². The zero-order chi connectivity index (χ0) is 14.5. The second-order valence-electron chi connectivity index (χ2n) is 3.98. The summed E-state index contributed by atoms with van der Waals surface area (Å²) in [6, 6.07) is 12.4. The van der Waals surface area contributed by atoms with Crippen molar-refractivity contribution in [3.05, 3.63) is 58.1 Å². The van der Waals surface area contributed by atoms with E-state index in [1.807, 2.05) is 12.1 Å². The normalized spacial score (nSPS) is 10.3. The van der Waals surface area contributed by atoms with Crippen LogP contribution in [-0.2, 0) is 11.4 Å². The van der Waals surface area contributed by atoms with Crippen LogP contribution in [0.2, 0.25) is 10.0 Å². The number of hydrogen-bond donors (Lipinski definition) is 1. The predicted octanol–water partition coefficient (Wildman–Crippen LogP) is 4.13. The van der Waals surface area contributed by atoms with Crippen molar-refractivity contribution < 1.29 is 4.84 Å². The topological polar surface area (TPSA) is 50.8 Å². The van der Waals surface area contributed by atoms with Gasteiger partial charge in [-0.25, -0.2) is 4.84 Å². The fraction of sp³-hybridized carbons (Fsp3) is 0.0714. The van der Waals surface area contributed by atoms with Gasteiger partial charge in [0.25, 0.3) is 0 Å². The molecule has 2 N–H and O–H groups in total. The number of rotatable bonds is 5. The van der Waals surface area contributed by atoms with Crippen LogP contribution in [0, 0.1) is 0 Å². The number of hydrogen-bond acceptors (Lipinski definition) is 4. The van der Waals surface area contributed by atoms with E-state index in [4.69, 9.17) is 33.8 Å². The average Bonchev–Trinajstić information content (AvgIpc) is 2.43. The van der Waals surface area contributed by atoms with Crippen molar-refractivity contribution in [2.45, 2.75) is 6.61 Å². The number of halogens is 2. The fourth-order valence-electron chi connectivity index (χ4n) is 1.62. The fourth-order valence-corrected chi connectivity index (χ4v) is 2.08. The summed E-state index contributed by atoms with van der Waals surface area (Å²) in [5.74, 6) is 0. The van der Waals surface area contributed by atoms with Crippen molar-refractivity contribution in [3.63, 3.8) is 0 Å². The lowest BCUT2D eigenvalue weighted by Gasteiger charge is -2.19. The minimum atomic E-state index is 0.226. The van der Waals surface area contributed by atoms with E-state index < -0.39 is 0 Å². The molecule has 0 bridgehead atoms. The molecular weight excluding hydrogens is 297 g/mol.